The van der Waals surface area contributed by atoms with E-state index in [1.54, 1.807) is 14.2 Å². The molecule has 0 radical (unpaired) electrons. The third-order valence-electron chi connectivity index (χ3n) is 7.48. The van der Waals surface area contributed by atoms with Crippen molar-refractivity contribution >= 4 is 8.07 Å². The van der Waals surface area contributed by atoms with Crippen molar-refractivity contribution in [1.29, 1.82) is 0 Å². The van der Waals surface area contributed by atoms with Crippen LogP contribution in [0.15, 0.2) is 54.6 Å². The Balaban J connectivity index is 2.04. The highest BCUT2D eigenvalue weighted by molar-refractivity contribution is 6.78. The van der Waals surface area contributed by atoms with Crippen LogP contribution in [0.3, 0.4) is 0 Å². The lowest BCUT2D eigenvalue weighted by Gasteiger charge is -2.36. The predicted octanol–water partition coefficient (Wildman–Crippen LogP) is 8.32. The normalized spacial score (nSPS) is 15.6. The van der Waals surface area contributed by atoms with Gasteiger partial charge in [0.2, 0.25) is 0 Å². The molecular formula is C31H40O2Si. The van der Waals surface area contributed by atoms with Gasteiger partial charge in [0.05, 0.1) is 22.3 Å². The average molecular weight is 473 g/mol. The van der Waals surface area contributed by atoms with Crippen LogP contribution in [0.1, 0.15) is 68.0 Å². The summed E-state index contributed by atoms with van der Waals surface area (Å²) in [7, 11) is 1.98. The maximum absolute atomic E-state index is 6.14. The molecule has 1 atom stereocenters. The van der Waals surface area contributed by atoms with Gasteiger partial charge < -0.3 is 9.47 Å². The molecule has 34 heavy (non-hydrogen) atoms. The largest absolute Gasteiger partial charge is 0.497 e. The average Bonchev–Trinajstić information content (AvgIpc) is 3.12. The van der Waals surface area contributed by atoms with Crippen LogP contribution in [0.2, 0.25) is 19.6 Å². The minimum Gasteiger partial charge on any atom is -0.497 e. The molecule has 4 rings (SSSR count). The Bertz CT molecular complexity index is 1230. The molecule has 0 heterocycles. The van der Waals surface area contributed by atoms with Gasteiger partial charge in [-0.3, -0.25) is 0 Å². The molecule has 0 fully saturated rings. The van der Waals surface area contributed by atoms with Crippen molar-refractivity contribution in [2.45, 2.75) is 70.6 Å². The zero-order valence-corrected chi connectivity index (χ0v) is 23.6. The molecule has 3 aromatic rings. The molecule has 2 nitrogen and oxygen atoms in total. The van der Waals surface area contributed by atoms with Crippen molar-refractivity contribution in [2.75, 3.05) is 14.2 Å². The lowest BCUT2D eigenvalue weighted by molar-refractivity contribution is 0.375. The number of hydrogen-bond donors (Lipinski definition) is 0. The van der Waals surface area contributed by atoms with Crippen LogP contribution in [0.4, 0.5) is 0 Å². The standard InChI is InChI=1S/C31H40O2Si/c1-30(2,3)25-18-20(32-6)19-26(28(25)33-7)31(4,5)24-17-13-16-22-21-14-11-12-15-23(21)29(27(22)24)34(8,9)10/h11-19,29H,1-10H3. The number of fused-ring (bicyclic) bond motifs is 3. The molecule has 0 saturated carbocycles. The Morgan fingerprint density at radius 3 is 1.91 bits per heavy atom. The second kappa shape index (κ2) is 8.30. The Morgan fingerprint density at radius 1 is 0.706 bits per heavy atom. The molecule has 0 aromatic heterocycles. The Hall–Kier alpha value is -2.52. The van der Waals surface area contributed by atoms with Crippen molar-refractivity contribution < 1.29 is 9.47 Å². The second-order valence-electron chi connectivity index (χ2n) is 12.3. The van der Waals surface area contributed by atoms with Crippen molar-refractivity contribution in [3.05, 3.63) is 82.4 Å². The van der Waals surface area contributed by atoms with Gasteiger partial charge in [0, 0.05) is 22.1 Å². The smallest absolute Gasteiger partial charge is 0.126 e. The minimum absolute atomic E-state index is 0.0690. The Morgan fingerprint density at radius 2 is 1.32 bits per heavy atom. The second-order valence-corrected chi connectivity index (χ2v) is 17.6. The van der Waals surface area contributed by atoms with E-state index in [9.17, 15) is 0 Å². The van der Waals surface area contributed by atoms with E-state index in [1.165, 1.54) is 38.9 Å². The molecule has 1 unspecified atom stereocenters. The van der Waals surface area contributed by atoms with E-state index in [-0.39, 0.29) is 10.8 Å². The van der Waals surface area contributed by atoms with E-state index in [4.69, 9.17) is 9.47 Å². The summed E-state index contributed by atoms with van der Waals surface area (Å²) in [6.07, 6.45) is 0. The highest BCUT2D eigenvalue weighted by Gasteiger charge is 2.42. The number of rotatable bonds is 5. The summed E-state index contributed by atoms with van der Waals surface area (Å²) < 4.78 is 11.9. The van der Waals surface area contributed by atoms with Gasteiger partial charge in [-0.2, -0.15) is 0 Å². The molecule has 1 aliphatic carbocycles. The highest BCUT2D eigenvalue weighted by atomic mass is 28.3. The molecule has 3 aromatic carbocycles. The molecule has 0 saturated heterocycles. The lowest BCUT2D eigenvalue weighted by Crippen LogP contribution is -2.33. The fourth-order valence-corrected chi connectivity index (χ4v) is 8.17. The predicted molar refractivity (Wildman–Crippen MR) is 147 cm³/mol. The van der Waals surface area contributed by atoms with E-state index in [1.807, 2.05) is 0 Å². The van der Waals surface area contributed by atoms with Gasteiger partial charge in [-0.25, -0.2) is 0 Å². The highest BCUT2D eigenvalue weighted by Crippen LogP contribution is 2.54. The van der Waals surface area contributed by atoms with Gasteiger partial charge in [-0.05, 0) is 45.4 Å². The molecule has 3 heteroatoms. The Kier molecular flexibility index (Phi) is 6.01. The summed E-state index contributed by atoms with van der Waals surface area (Å²) in [5, 5.41) is 0. The van der Waals surface area contributed by atoms with Crippen LogP contribution < -0.4 is 9.47 Å². The first-order valence-electron chi connectivity index (χ1n) is 12.3. The first kappa shape index (κ1) is 24.6. The summed E-state index contributed by atoms with van der Waals surface area (Å²) in [5.41, 5.74) is 9.66. The van der Waals surface area contributed by atoms with E-state index in [0.29, 0.717) is 5.54 Å². The molecule has 0 spiro atoms. The zero-order valence-electron chi connectivity index (χ0n) is 22.6. The molecule has 180 valence electrons. The number of methoxy groups -OCH3 is 2. The van der Waals surface area contributed by atoms with Gasteiger partial charge in [-0.1, -0.05) is 96.7 Å². The van der Waals surface area contributed by atoms with Gasteiger partial charge >= 0.3 is 0 Å². The molecule has 0 aliphatic heterocycles. The summed E-state index contributed by atoms with van der Waals surface area (Å²) >= 11 is 0. The fourth-order valence-electron chi connectivity index (χ4n) is 5.81. The third kappa shape index (κ3) is 3.88. The van der Waals surface area contributed by atoms with Crippen LogP contribution in [0.5, 0.6) is 11.5 Å². The van der Waals surface area contributed by atoms with Gasteiger partial charge in [0.1, 0.15) is 11.5 Å². The lowest BCUT2D eigenvalue weighted by atomic mass is 9.72. The zero-order chi connectivity index (χ0) is 25.1. The van der Waals surface area contributed by atoms with Crippen LogP contribution >= 0.6 is 0 Å². The topological polar surface area (TPSA) is 18.5 Å². The molecule has 0 bridgehead atoms. The maximum atomic E-state index is 6.14. The maximum Gasteiger partial charge on any atom is 0.126 e. The quantitative estimate of drug-likeness (QED) is 0.348. The first-order valence-corrected chi connectivity index (χ1v) is 15.9. The van der Waals surface area contributed by atoms with Crippen molar-refractivity contribution in [1.82, 2.24) is 0 Å². The van der Waals surface area contributed by atoms with Crippen LogP contribution in [0.25, 0.3) is 11.1 Å². The molecular weight excluding hydrogens is 432 g/mol. The van der Waals surface area contributed by atoms with Crippen molar-refractivity contribution in [3.63, 3.8) is 0 Å². The van der Waals surface area contributed by atoms with Crippen molar-refractivity contribution in [3.8, 4) is 22.6 Å². The first-order chi connectivity index (χ1) is 15.8. The summed E-state index contributed by atoms with van der Waals surface area (Å²) in [6.45, 7) is 18.9. The minimum atomic E-state index is -1.57. The van der Waals surface area contributed by atoms with E-state index < -0.39 is 8.07 Å². The fraction of sp³-hybridized carbons (Fsp3) is 0.419. The Labute approximate surface area is 207 Å². The monoisotopic (exact) mass is 472 g/mol. The van der Waals surface area contributed by atoms with Gasteiger partial charge in [0.15, 0.2) is 0 Å². The summed E-state index contributed by atoms with van der Waals surface area (Å²) in [6, 6.07) is 20.2. The molecule has 1 aliphatic rings. The van der Waals surface area contributed by atoms with Crippen LogP contribution in [-0.2, 0) is 10.8 Å². The SMILES string of the molecule is COc1cc(C(C)(C)C)c(OC)c(C(C)(C)c2cccc3c2C([Si](C)(C)C)c2ccccc2-3)c1. The van der Waals surface area contributed by atoms with E-state index in [2.05, 4.69) is 109 Å². The third-order valence-corrected chi connectivity index (χ3v) is 9.81. The number of hydrogen-bond acceptors (Lipinski definition) is 2. The summed E-state index contributed by atoms with van der Waals surface area (Å²) in [5.74, 6) is 1.85. The van der Waals surface area contributed by atoms with Crippen LogP contribution in [-0.4, -0.2) is 22.3 Å². The molecule has 0 N–H and O–H groups in total. The summed E-state index contributed by atoms with van der Waals surface area (Å²) in [4.78, 5) is 0. The number of benzene rings is 3. The van der Waals surface area contributed by atoms with E-state index >= 15 is 0 Å². The molecule has 0 amide bonds. The van der Waals surface area contributed by atoms with Gasteiger partial charge in [0.25, 0.3) is 0 Å². The van der Waals surface area contributed by atoms with Crippen LogP contribution in [0, 0.1) is 0 Å². The number of ether oxygens (including phenoxy) is 2. The van der Waals surface area contributed by atoms with Gasteiger partial charge in [-0.15, -0.1) is 0 Å². The van der Waals surface area contributed by atoms with E-state index in [0.717, 1.165) is 11.5 Å². The van der Waals surface area contributed by atoms with Crippen molar-refractivity contribution in [2.24, 2.45) is 0 Å².